The highest BCUT2D eigenvalue weighted by Gasteiger charge is 2.38. The van der Waals surface area contributed by atoms with Crippen molar-refractivity contribution in [3.63, 3.8) is 0 Å². The van der Waals surface area contributed by atoms with Crippen LogP contribution in [0.5, 0.6) is 0 Å². The van der Waals surface area contributed by atoms with Crippen molar-refractivity contribution in [3.05, 3.63) is 52.2 Å². The first-order valence-electron chi connectivity index (χ1n) is 10.9. The molecule has 0 radical (unpaired) electrons. The van der Waals surface area contributed by atoms with E-state index >= 15 is 0 Å². The molecule has 0 bridgehead atoms. The third-order valence-electron chi connectivity index (χ3n) is 5.40. The summed E-state index contributed by atoms with van der Waals surface area (Å²) in [6, 6.07) is 11.9. The molecule has 2 N–H and O–H groups in total. The number of sulfonamides is 1. The summed E-state index contributed by atoms with van der Waals surface area (Å²) in [4.78, 5) is 29.3. The van der Waals surface area contributed by atoms with Crippen LogP contribution in [0.15, 0.2) is 47.4 Å². The molecule has 2 amide bonds. The second-order valence-corrected chi connectivity index (χ2v) is 11.3. The van der Waals surface area contributed by atoms with Gasteiger partial charge in [0, 0.05) is 11.4 Å². The number of rotatable bonds is 9. The van der Waals surface area contributed by atoms with Gasteiger partial charge in [-0.15, -0.1) is 11.3 Å². The van der Waals surface area contributed by atoms with Crippen molar-refractivity contribution in [1.82, 2.24) is 14.9 Å². The van der Waals surface area contributed by atoms with Crippen LogP contribution in [-0.4, -0.2) is 43.8 Å². The van der Waals surface area contributed by atoms with Crippen LogP contribution in [0.1, 0.15) is 42.9 Å². The van der Waals surface area contributed by atoms with Gasteiger partial charge in [-0.1, -0.05) is 32.0 Å². The third kappa shape index (κ3) is 6.41. The average Bonchev–Trinajstić information content (AvgIpc) is 3.46. The van der Waals surface area contributed by atoms with E-state index in [1.807, 2.05) is 13.8 Å². The predicted molar refractivity (Wildman–Crippen MR) is 126 cm³/mol. The van der Waals surface area contributed by atoms with Gasteiger partial charge in [0.15, 0.2) is 0 Å². The van der Waals surface area contributed by atoms with E-state index in [1.54, 1.807) is 30.3 Å². The standard InChI is InChI=1S/C23H28N4O4S2/c1-16(2)13-20(26-33(30,31)19-7-4-3-5-8-19)23(29)27-12-6-9-21(27)22(28)25-15-18-11-10-17(14-24)32-18/h3-5,7-8,10-11,16,20-21,26H,6,9,12-13,15H2,1-2H3,(H,25,28)/t20-,21+/m1/s1. The fourth-order valence-corrected chi connectivity index (χ4v) is 5.82. The average molecular weight is 489 g/mol. The van der Waals surface area contributed by atoms with Crippen LogP contribution in [0.25, 0.3) is 0 Å². The summed E-state index contributed by atoms with van der Waals surface area (Å²) in [6.45, 7) is 4.51. The van der Waals surface area contributed by atoms with Gasteiger partial charge in [-0.05, 0) is 49.4 Å². The summed E-state index contributed by atoms with van der Waals surface area (Å²) in [5.74, 6) is -0.592. The van der Waals surface area contributed by atoms with E-state index in [0.717, 1.165) is 4.88 Å². The molecule has 1 fully saturated rings. The maximum Gasteiger partial charge on any atom is 0.243 e. The van der Waals surface area contributed by atoms with E-state index in [0.29, 0.717) is 30.7 Å². The third-order valence-corrected chi connectivity index (χ3v) is 7.88. The molecule has 33 heavy (non-hydrogen) atoms. The minimum atomic E-state index is -3.89. The van der Waals surface area contributed by atoms with Crippen LogP contribution in [0.2, 0.25) is 0 Å². The molecule has 1 aliphatic rings. The van der Waals surface area contributed by atoms with Crippen molar-refractivity contribution in [2.24, 2.45) is 5.92 Å². The SMILES string of the molecule is CC(C)C[C@@H](NS(=O)(=O)c1ccccc1)C(=O)N1CCC[C@H]1C(=O)NCc1ccc(C#N)s1. The van der Waals surface area contributed by atoms with Gasteiger partial charge in [0.25, 0.3) is 0 Å². The molecule has 8 nitrogen and oxygen atoms in total. The van der Waals surface area contributed by atoms with Crippen LogP contribution in [0.4, 0.5) is 0 Å². The lowest BCUT2D eigenvalue weighted by atomic mass is 10.0. The monoisotopic (exact) mass is 488 g/mol. The van der Waals surface area contributed by atoms with Crippen molar-refractivity contribution >= 4 is 33.2 Å². The number of nitriles is 1. The highest BCUT2D eigenvalue weighted by atomic mass is 32.2. The zero-order valence-electron chi connectivity index (χ0n) is 18.7. The highest BCUT2D eigenvalue weighted by Crippen LogP contribution is 2.22. The van der Waals surface area contributed by atoms with E-state index < -0.39 is 22.1 Å². The number of nitrogens with one attached hydrogen (secondary N) is 2. The van der Waals surface area contributed by atoms with Crippen molar-refractivity contribution in [3.8, 4) is 6.07 Å². The molecule has 176 valence electrons. The number of carbonyl (C=O) groups is 2. The Labute approximate surface area is 198 Å². The van der Waals surface area contributed by atoms with Gasteiger partial charge >= 0.3 is 0 Å². The number of nitrogens with zero attached hydrogens (tertiary/aromatic N) is 2. The molecule has 0 unspecified atom stereocenters. The van der Waals surface area contributed by atoms with E-state index in [4.69, 9.17) is 5.26 Å². The first-order chi connectivity index (χ1) is 15.7. The highest BCUT2D eigenvalue weighted by molar-refractivity contribution is 7.89. The van der Waals surface area contributed by atoms with Crippen LogP contribution in [0.3, 0.4) is 0 Å². The Morgan fingerprint density at radius 2 is 1.94 bits per heavy atom. The number of carbonyl (C=O) groups excluding carboxylic acids is 2. The Morgan fingerprint density at radius 1 is 1.21 bits per heavy atom. The molecule has 1 saturated heterocycles. The van der Waals surface area contributed by atoms with Crippen molar-refractivity contribution in [2.75, 3.05) is 6.54 Å². The maximum absolute atomic E-state index is 13.4. The fraction of sp³-hybridized carbons (Fsp3) is 0.435. The summed E-state index contributed by atoms with van der Waals surface area (Å²) < 4.78 is 28.3. The quantitative estimate of drug-likeness (QED) is 0.562. The Balaban J connectivity index is 1.71. The Bertz CT molecular complexity index is 1120. The summed E-state index contributed by atoms with van der Waals surface area (Å²) >= 11 is 1.31. The summed E-state index contributed by atoms with van der Waals surface area (Å²) in [5.41, 5.74) is 0. The normalized spacial score (nSPS) is 17.0. The summed E-state index contributed by atoms with van der Waals surface area (Å²) in [5, 5.41) is 11.8. The number of benzene rings is 1. The molecule has 0 aliphatic carbocycles. The Kier molecular flexibility index (Phi) is 8.24. The summed E-state index contributed by atoms with van der Waals surface area (Å²) in [7, 11) is -3.89. The van der Waals surface area contributed by atoms with Crippen LogP contribution < -0.4 is 10.0 Å². The molecule has 1 aromatic carbocycles. The van der Waals surface area contributed by atoms with E-state index in [-0.39, 0.29) is 29.2 Å². The van der Waals surface area contributed by atoms with Gasteiger partial charge in [-0.2, -0.15) is 9.98 Å². The number of hydrogen-bond donors (Lipinski definition) is 2. The lowest BCUT2D eigenvalue weighted by Gasteiger charge is -2.29. The molecular weight excluding hydrogens is 460 g/mol. The molecule has 2 aromatic rings. The zero-order valence-corrected chi connectivity index (χ0v) is 20.3. The first-order valence-corrected chi connectivity index (χ1v) is 13.2. The van der Waals surface area contributed by atoms with Crippen LogP contribution in [-0.2, 0) is 26.2 Å². The van der Waals surface area contributed by atoms with E-state index in [1.165, 1.54) is 28.4 Å². The van der Waals surface area contributed by atoms with Gasteiger partial charge in [-0.25, -0.2) is 8.42 Å². The maximum atomic E-state index is 13.4. The zero-order chi connectivity index (χ0) is 24.0. The molecule has 1 aromatic heterocycles. The molecular formula is C23H28N4O4S2. The lowest BCUT2D eigenvalue weighted by Crippen LogP contribution is -2.53. The molecule has 2 atom stereocenters. The van der Waals surface area contributed by atoms with Gasteiger partial charge in [-0.3, -0.25) is 9.59 Å². The van der Waals surface area contributed by atoms with Crippen LogP contribution >= 0.6 is 11.3 Å². The number of likely N-dealkylation sites (tertiary alicyclic amines) is 1. The lowest BCUT2D eigenvalue weighted by molar-refractivity contribution is -0.140. The van der Waals surface area contributed by atoms with Crippen molar-refractivity contribution in [1.29, 1.82) is 5.26 Å². The smallest absolute Gasteiger partial charge is 0.243 e. The van der Waals surface area contributed by atoms with Gasteiger partial charge in [0.1, 0.15) is 23.0 Å². The van der Waals surface area contributed by atoms with E-state index in [2.05, 4.69) is 16.1 Å². The van der Waals surface area contributed by atoms with Crippen LogP contribution in [0, 0.1) is 17.2 Å². The van der Waals surface area contributed by atoms with Gasteiger partial charge in [0.2, 0.25) is 21.8 Å². The van der Waals surface area contributed by atoms with E-state index in [9.17, 15) is 18.0 Å². The second kappa shape index (κ2) is 10.9. The fourth-order valence-electron chi connectivity index (χ4n) is 3.85. The minimum Gasteiger partial charge on any atom is -0.349 e. The molecule has 1 aliphatic heterocycles. The first kappa shape index (κ1) is 24.9. The number of amides is 2. The topological polar surface area (TPSA) is 119 Å². The number of thiophene rings is 1. The molecule has 0 spiro atoms. The molecule has 0 saturated carbocycles. The Hall–Kier alpha value is -2.74. The molecule has 2 heterocycles. The van der Waals surface area contributed by atoms with Gasteiger partial charge in [0.05, 0.1) is 11.4 Å². The van der Waals surface area contributed by atoms with Crippen molar-refractivity contribution in [2.45, 2.75) is 56.6 Å². The largest absolute Gasteiger partial charge is 0.349 e. The molecule has 10 heteroatoms. The Morgan fingerprint density at radius 3 is 2.58 bits per heavy atom. The van der Waals surface area contributed by atoms with Crippen molar-refractivity contribution < 1.29 is 18.0 Å². The van der Waals surface area contributed by atoms with Gasteiger partial charge < -0.3 is 10.2 Å². The number of hydrogen-bond acceptors (Lipinski definition) is 6. The summed E-state index contributed by atoms with van der Waals surface area (Å²) in [6.07, 6.45) is 1.51. The second-order valence-electron chi connectivity index (χ2n) is 8.40. The predicted octanol–water partition coefficient (Wildman–Crippen LogP) is 2.62. The minimum absolute atomic E-state index is 0.0699. The molecule has 3 rings (SSSR count).